The predicted molar refractivity (Wildman–Crippen MR) is 96.1 cm³/mol. The largest absolute Gasteiger partial charge is 0.338 e. The lowest BCUT2D eigenvalue weighted by molar-refractivity contribution is 0.101. The number of hydrogen-bond acceptors (Lipinski definition) is 6. The molecule has 2 aromatic rings. The highest BCUT2D eigenvalue weighted by molar-refractivity contribution is 6.04. The second kappa shape index (κ2) is 7.40. The number of carbonyl (C=O) groups excluding carboxylic acids is 2. The number of ketones is 1. The van der Waals surface area contributed by atoms with Crippen LogP contribution in [0.1, 0.15) is 27.6 Å². The molecule has 1 aliphatic rings. The number of carbonyl (C=O) groups is 2. The Morgan fingerprint density at radius 3 is 2.36 bits per heavy atom. The van der Waals surface area contributed by atoms with Gasteiger partial charge in [0.25, 0.3) is 5.91 Å². The van der Waals surface area contributed by atoms with Gasteiger partial charge in [-0.25, -0.2) is 9.97 Å². The van der Waals surface area contributed by atoms with Gasteiger partial charge in [-0.2, -0.15) is 0 Å². The van der Waals surface area contributed by atoms with Gasteiger partial charge in [0.2, 0.25) is 5.95 Å². The van der Waals surface area contributed by atoms with Crippen molar-refractivity contribution < 1.29 is 9.59 Å². The summed E-state index contributed by atoms with van der Waals surface area (Å²) in [7, 11) is 2.09. The van der Waals surface area contributed by atoms with Gasteiger partial charge in [0.05, 0.1) is 5.56 Å². The van der Waals surface area contributed by atoms with Crippen molar-refractivity contribution in [1.29, 1.82) is 0 Å². The summed E-state index contributed by atoms with van der Waals surface area (Å²) in [5.41, 5.74) is 1.51. The van der Waals surface area contributed by atoms with E-state index in [1.165, 1.54) is 19.3 Å². The molecule has 130 valence electrons. The first-order chi connectivity index (χ1) is 12.0. The molecule has 2 heterocycles. The molecule has 0 radical (unpaired) electrons. The highest BCUT2D eigenvalue weighted by Gasteiger charge is 2.17. The van der Waals surface area contributed by atoms with Gasteiger partial charge in [0, 0.05) is 49.8 Å². The Hall–Kier alpha value is -2.80. The Morgan fingerprint density at radius 1 is 1.04 bits per heavy atom. The van der Waals surface area contributed by atoms with Gasteiger partial charge in [-0.05, 0) is 26.1 Å². The van der Waals surface area contributed by atoms with Crippen LogP contribution in [-0.4, -0.2) is 59.8 Å². The Kier molecular flexibility index (Phi) is 5.04. The minimum absolute atomic E-state index is 0.0454. The molecule has 1 saturated heterocycles. The van der Waals surface area contributed by atoms with Crippen LogP contribution in [0.2, 0.25) is 0 Å². The number of anilines is 2. The molecule has 0 saturated carbocycles. The topological polar surface area (TPSA) is 78.4 Å². The first kappa shape index (κ1) is 17.0. The summed E-state index contributed by atoms with van der Waals surface area (Å²) < 4.78 is 0. The SMILES string of the molecule is CC(=O)c1cccc(NC(=O)c2cnc(N3CCN(C)CC3)nc2)c1. The fourth-order valence-corrected chi connectivity index (χ4v) is 2.63. The minimum atomic E-state index is -0.300. The molecule has 0 aliphatic carbocycles. The van der Waals surface area contributed by atoms with Crippen molar-refractivity contribution in [2.75, 3.05) is 43.4 Å². The number of likely N-dealkylation sites (N-methyl/N-ethyl adjacent to an activating group) is 1. The van der Waals surface area contributed by atoms with Crippen LogP contribution in [-0.2, 0) is 0 Å². The molecule has 3 rings (SSSR count). The molecule has 1 N–H and O–H groups in total. The van der Waals surface area contributed by atoms with Crippen LogP contribution in [0.25, 0.3) is 0 Å². The Bertz CT molecular complexity index is 767. The van der Waals surface area contributed by atoms with E-state index in [9.17, 15) is 9.59 Å². The molecule has 1 aliphatic heterocycles. The zero-order valence-electron chi connectivity index (χ0n) is 14.4. The maximum Gasteiger partial charge on any atom is 0.258 e. The molecule has 1 fully saturated rings. The smallest absolute Gasteiger partial charge is 0.258 e. The Morgan fingerprint density at radius 2 is 1.72 bits per heavy atom. The summed E-state index contributed by atoms with van der Waals surface area (Å²) in [6.45, 7) is 5.18. The van der Waals surface area contributed by atoms with Crippen LogP contribution in [0.5, 0.6) is 0 Å². The molecule has 1 amide bonds. The normalized spacial score (nSPS) is 15.0. The van der Waals surface area contributed by atoms with Crippen molar-refractivity contribution in [3.8, 4) is 0 Å². The molecule has 0 atom stereocenters. The van der Waals surface area contributed by atoms with Gasteiger partial charge in [0.1, 0.15) is 0 Å². The van der Waals surface area contributed by atoms with E-state index >= 15 is 0 Å². The lowest BCUT2D eigenvalue weighted by Gasteiger charge is -2.32. The van der Waals surface area contributed by atoms with Crippen LogP contribution in [0.15, 0.2) is 36.7 Å². The number of piperazine rings is 1. The Labute approximate surface area is 146 Å². The van der Waals surface area contributed by atoms with Crippen LogP contribution >= 0.6 is 0 Å². The molecule has 25 heavy (non-hydrogen) atoms. The van der Waals surface area contributed by atoms with Crippen molar-refractivity contribution in [2.24, 2.45) is 0 Å². The van der Waals surface area contributed by atoms with Crippen molar-refractivity contribution in [3.63, 3.8) is 0 Å². The van der Waals surface area contributed by atoms with Crippen molar-refractivity contribution >= 4 is 23.3 Å². The number of Topliss-reactive ketones (excluding diaryl/α,β-unsaturated/α-hetero) is 1. The number of amides is 1. The third kappa shape index (κ3) is 4.19. The van der Waals surface area contributed by atoms with E-state index in [4.69, 9.17) is 0 Å². The fraction of sp³-hybridized carbons (Fsp3) is 0.333. The van der Waals surface area contributed by atoms with Crippen LogP contribution in [0, 0.1) is 0 Å². The molecule has 7 nitrogen and oxygen atoms in total. The van der Waals surface area contributed by atoms with Gasteiger partial charge < -0.3 is 15.1 Å². The highest BCUT2D eigenvalue weighted by Crippen LogP contribution is 2.14. The van der Waals surface area contributed by atoms with Crippen LogP contribution in [0.4, 0.5) is 11.6 Å². The first-order valence-corrected chi connectivity index (χ1v) is 8.21. The number of rotatable bonds is 4. The van der Waals surface area contributed by atoms with E-state index in [0.717, 1.165) is 26.2 Å². The third-order valence-electron chi connectivity index (χ3n) is 4.21. The summed E-state index contributed by atoms with van der Waals surface area (Å²) in [5, 5.41) is 2.77. The van der Waals surface area contributed by atoms with E-state index in [2.05, 4.69) is 32.1 Å². The summed E-state index contributed by atoms with van der Waals surface area (Å²) in [5.74, 6) is 0.296. The summed E-state index contributed by atoms with van der Waals surface area (Å²) in [4.78, 5) is 36.8. The average molecular weight is 339 g/mol. The second-order valence-corrected chi connectivity index (χ2v) is 6.15. The van der Waals surface area contributed by atoms with E-state index in [1.54, 1.807) is 24.3 Å². The van der Waals surface area contributed by atoms with Crippen molar-refractivity contribution in [2.45, 2.75) is 6.92 Å². The second-order valence-electron chi connectivity index (χ2n) is 6.15. The third-order valence-corrected chi connectivity index (χ3v) is 4.21. The fourth-order valence-electron chi connectivity index (χ4n) is 2.63. The molecule has 0 unspecified atom stereocenters. The molecule has 1 aromatic heterocycles. The van der Waals surface area contributed by atoms with Gasteiger partial charge in [-0.15, -0.1) is 0 Å². The molecule has 0 spiro atoms. The number of hydrogen-bond donors (Lipinski definition) is 1. The maximum atomic E-state index is 12.3. The van der Waals surface area contributed by atoms with E-state index < -0.39 is 0 Å². The minimum Gasteiger partial charge on any atom is -0.338 e. The summed E-state index contributed by atoms with van der Waals surface area (Å²) in [6, 6.07) is 6.84. The van der Waals surface area contributed by atoms with Crippen molar-refractivity contribution in [3.05, 3.63) is 47.8 Å². The number of benzene rings is 1. The quantitative estimate of drug-likeness (QED) is 0.854. The monoisotopic (exact) mass is 339 g/mol. The van der Waals surface area contributed by atoms with Gasteiger partial charge in [-0.3, -0.25) is 9.59 Å². The standard InChI is InChI=1S/C18H21N5O2/c1-13(24)14-4-3-5-16(10-14)21-17(25)15-11-19-18(20-12-15)23-8-6-22(2)7-9-23/h3-5,10-12H,6-9H2,1-2H3,(H,21,25). The summed E-state index contributed by atoms with van der Waals surface area (Å²) in [6.07, 6.45) is 3.07. The molecule has 0 bridgehead atoms. The molecule has 1 aromatic carbocycles. The zero-order valence-corrected chi connectivity index (χ0v) is 14.4. The molecule has 7 heteroatoms. The number of aromatic nitrogens is 2. The maximum absolute atomic E-state index is 12.3. The summed E-state index contributed by atoms with van der Waals surface area (Å²) >= 11 is 0. The Balaban J connectivity index is 1.66. The highest BCUT2D eigenvalue weighted by atomic mass is 16.1. The number of nitrogens with one attached hydrogen (secondary N) is 1. The van der Waals surface area contributed by atoms with E-state index in [0.29, 0.717) is 22.8 Å². The molecular weight excluding hydrogens is 318 g/mol. The van der Waals surface area contributed by atoms with Crippen molar-refractivity contribution in [1.82, 2.24) is 14.9 Å². The predicted octanol–water partition coefficient (Wildman–Crippen LogP) is 1.68. The molecular formula is C18H21N5O2. The lowest BCUT2D eigenvalue weighted by Crippen LogP contribution is -2.45. The van der Waals surface area contributed by atoms with E-state index in [1.807, 2.05) is 0 Å². The lowest BCUT2D eigenvalue weighted by atomic mass is 10.1. The first-order valence-electron chi connectivity index (χ1n) is 8.21. The van der Waals surface area contributed by atoms with Gasteiger partial charge in [0.15, 0.2) is 5.78 Å². The average Bonchev–Trinajstić information content (AvgIpc) is 2.63. The zero-order chi connectivity index (χ0) is 17.8. The van der Waals surface area contributed by atoms with E-state index in [-0.39, 0.29) is 11.7 Å². The van der Waals surface area contributed by atoms with Crippen LogP contribution < -0.4 is 10.2 Å². The van der Waals surface area contributed by atoms with Gasteiger partial charge in [-0.1, -0.05) is 12.1 Å². The van der Waals surface area contributed by atoms with Gasteiger partial charge >= 0.3 is 0 Å². The number of nitrogens with zero attached hydrogens (tertiary/aromatic N) is 4. The van der Waals surface area contributed by atoms with Crippen LogP contribution in [0.3, 0.4) is 0 Å².